The Morgan fingerprint density at radius 2 is 1.87 bits per heavy atom. The average Bonchev–Trinajstić information content (AvgIpc) is 2.96. The maximum atomic E-state index is 12.2. The molecule has 2 amide bonds. The largest absolute Gasteiger partial charge is 0.369 e. The first-order valence-electron chi connectivity index (χ1n) is 8.75. The lowest BCUT2D eigenvalue weighted by Crippen LogP contribution is -2.47. The Labute approximate surface area is 141 Å². The van der Waals surface area contributed by atoms with Crippen molar-refractivity contribution >= 4 is 23.6 Å². The van der Waals surface area contributed by atoms with Crippen molar-refractivity contribution in [3.05, 3.63) is 0 Å². The Morgan fingerprint density at radius 1 is 1.13 bits per heavy atom. The van der Waals surface area contributed by atoms with E-state index in [4.69, 9.17) is 10.5 Å². The van der Waals surface area contributed by atoms with Crippen molar-refractivity contribution in [3.63, 3.8) is 0 Å². The number of carbonyl (C=O) groups is 2. The van der Waals surface area contributed by atoms with Gasteiger partial charge in [-0.05, 0) is 25.7 Å². The molecule has 0 aromatic heterocycles. The summed E-state index contributed by atoms with van der Waals surface area (Å²) >= 11 is 1.49. The molecule has 3 aliphatic rings. The van der Waals surface area contributed by atoms with Gasteiger partial charge in [-0.2, -0.15) is 0 Å². The van der Waals surface area contributed by atoms with Crippen LogP contribution in [0.5, 0.6) is 0 Å². The average molecular weight is 341 g/mol. The zero-order valence-electron chi connectivity index (χ0n) is 13.5. The van der Waals surface area contributed by atoms with Crippen LogP contribution >= 0.6 is 11.8 Å². The summed E-state index contributed by atoms with van der Waals surface area (Å²) in [5, 5.41) is 6.46. The van der Waals surface area contributed by atoms with Crippen molar-refractivity contribution in [3.8, 4) is 0 Å². The van der Waals surface area contributed by atoms with Crippen molar-refractivity contribution in [2.75, 3.05) is 5.75 Å². The minimum absolute atomic E-state index is 0.0339. The highest BCUT2D eigenvalue weighted by Crippen LogP contribution is 2.31. The number of hydrogen-bond donors (Lipinski definition) is 3. The lowest BCUT2D eigenvalue weighted by atomic mass is 9.84. The number of nitrogens with two attached hydrogens (primary N) is 1. The standard InChI is InChI=1S/C16H27N3O3S/c17-15(21)10-5-1-2-6-11(10)18-14(20)9-23-16-19-12-7-3-4-8-13(12)22-16/h10-13,16,19H,1-9H2,(H2,17,21)(H,18,20). The molecular weight excluding hydrogens is 314 g/mol. The summed E-state index contributed by atoms with van der Waals surface area (Å²) in [6.07, 6.45) is 8.75. The third-order valence-electron chi connectivity index (χ3n) is 5.19. The summed E-state index contributed by atoms with van der Waals surface area (Å²) in [4.78, 5) is 23.7. The predicted octanol–water partition coefficient (Wildman–Crippen LogP) is 1.09. The Balaban J connectivity index is 1.42. The van der Waals surface area contributed by atoms with Gasteiger partial charge in [0, 0.05) is 12.1 Å². The van der Waals surface area contributed by atoms with E-state index in [1.54, 1.807) is 0 Å². The Morgan fingerprint density at radius 3 is 2.65 bits per heavy atom. The first-order chi connectivity index (χ1) is 11.1. The number of amides is 2. The van der Waals surface area contributed by atoms with Crippen molar-refractivity contribution in [1.82, 2.24) is 10.6 Å². The molecule has 23 heavy (non-hydrogen) atoms. The first-order valence-corrected chi connectivity index (χ1v) is 9.80. The second-order valence-corrected chi connectivity index (χ2v) is 7.89. The Hall–Kier alpha value is -0.790. The van der Waals surface area contributed by atoms with Crippen LogP contribution in [0.4, 0.5) is 0 Å². The summed E-state index contributed by atoms with van der Waals surface area (Å²) in [5.74, 6) is -0.207. The maximum Gasteiger partial charge on any atom is 0.230 e. The number of carbonyl (C=O) groups excluding carboxylic acids is 2. The van der Waals surface area contributed by atoms with Gasteiger partial charge in [0.1, 0.15) is 0 Å². The number of nitrogens with one attached hydrogen (secondary N) is 2. The van der Waals surface area contributed by atoms with Crippen molar-refractivity contribution in [1.29, 1.82) is 0 Å². The molecule has 130 valence electrons. The number of hydrogen-bond acceptors (Lipinski definition) is 5. The monoisotopic (exact) mass is 341 g/mol. The topological polar surface area (TPSA) is 93.5 Å². The van der Waals surface area contributed by atoms with Gasteiger partial charge in [-0.3, -0.25) is 14.9 Å². The molecule has 1 heterocycles. The van der Waals surface area contributed by atoms with Gasteiger partial charge in [-0.25, -0.2) is 0 Å². The second kappa shape index (κ2) is 7.85. The molecule has 1 aliphatic heterocycles. The van der Waals surface area contributed by atoms with Crippen LogP contribution in [0.15, 0.2) is 0 Å². The van der Waals surface area contributed by atoms with Crippen LogP contribution in [-0.4, -0.2) is 41.3 Å². The highest BCUT2D eigenvalue weighted by molar-refractivity contribution is 8.00. The van der Waals surface area contributed by atoms with Crippen molar-refractivity contribution < 1.29 is 14.3 Å². The van der Waals surface area contributed by atoms with Gasteiger partial charge in [0.15, 0.2) is 5.56 Å². The summed E-state index contributed by atoms with van der Waals surface area (Å²) in [6.45, 7) is 0. The fraction of sp³-hybridized carbons (Fsp3) is 0.875. The molecule has 0 spiro atoms. The molecule has 0 radical (unpaired) electrons. The van der Waals surface area contributed by atoms with Gasteiger partial charge in [-0.15, -0.1) is 11.8 Å². The normalized spacial score (nSPS) is 37.1. The molecule has 0 bridgehead atoms. The maximum absolute atomic E-state index is 12.2. The van der Waals surface area contributed by atoms with E-state index in [2.05, 4.69) is 10.6 Å². The fourth-order valence-corrected chi connectivity index (χ4v) is 4.83. The Bertz CT molecular complexity index is 434. The van der Waals surface area contributed by atoms with E-state index in [1.807, 2.05) is 0 Å². The van der Waals surface area contributed by atoms with Crippen LogP contribution in [0.25, 0.3) is 0 Å². The highest BCUT2D eigenvalue weighted by Gasteiger charge is 2.36. The van der Waals surface area contributed by atoms with Gasteiger partial charge >= 0.3 is 0 Å². The van der Waals surface area contributed by atoms with Crippen LogP contribution < -0.4 is 16.4 Å². The number of thioether (sulfide) groups is 1. The second-order valence-electron chi connectivity index (χ2n) is 6.84. The highest BCUT2D eigenvalue weighted by atomic mass is 32.2. The van der Waals surface area contributed by atoms with Crippen LogP contribution in [0.3, 0.4) is 0 Å². The summed E-state index contributed by atoms with van der Waals surface area (Å²) < 4.78 is 5.96. The van der Waals surface area contributed by atoms with E-state index in [0.717, 1.165) is 38.5 Å². The van der Waals surface area contributed by atoms with Gasteiger partial charge in [0.2, 0.25) is 11.8 Å². The number of rotatable bonds is 5. The molecule has 7 heteroatoms. The molecule has 6 nitrogen and oxygen atoms in total. The smallest absolute Gasteiger partial charge is 0.230 e. The molecule has 3 fully saturated rings. The molecule has 2 saturated carbocycles. The summed E-state index contributed by atoms with van der Waals surface area (Å²) in [5.41, 5.74) is 5.36. The van der Waals surface area contributed by atoms with Gasteiger partial charge in [0.05, 0.1) is 17.8 Å². The predicted molar refractivity (Wildman–Crippen MR) is 89.6 cm³/mol. The zero-order valence-corrected chi connectivity index (χ0v) is 14.3. The van der Waals surface area contributed by atoms with Gasteiger partial charge in [0.25, 0.3) is 0 Å². The van der Waals surface area contributed by atoms with E-state index < -0.39 is 0 Å². The Kier molecular flexibility index (Phi) is 5.82. The molecule has 5 unspecified atom stereocenters. The molecule has 5 atom stereocenters. The minimum Gasteiger partial charge on any atom is -0.369 e. The SMILES string of the molecule is NC(=O)C1CCCCC1NC(=O)CSC1NC2CCCCC2O1. The summed E-state index contributed by atoms with van der Waals surface area (Å²) in [6, 6.07) is 0.344. The number of ether oxygens (including phenoxy) is 1. The van der Waals surface area contributed by atoms with E-state index in [-0.39, 0.29) is 29.3 Å². The van der Waals surface area contributed by atoms with Gasteiger partial charge < -0.3 is 15.8 Å². The van der Waals surface area contributed by atoms with E-state index in [9.17, 15) is 9.59 Å². The molecule has 2 aliphatic carbocycles. The third-order valence-corrected chi connectivity index (χ3v) is 6.17. The van der Waals surface area contributed by atoms with Crippen LogP contribution in [0, 0.1) is 5.92 Å². The number of primary amides is 1. The quantitative estimate of drug-likeness (QED) is 0.696. The molecule has 3 rings (SSSR count). The fourth-order valence-electron chi connectivity index (χ4n) is 3.95. The minimum atomic E-state index is -0.299. The third kappa shape index (κ3) is 4.39. The number of fused-ring (bicyclic) bond motifs is 1. The van der Waals surface area contributed by atoms with Gasteiger partial charge in [-0.1, -0.05) is 25.7 Å². The van der Waals surface area contributed by atoms with E-state index in [1.165, 1.54) is 24.6 Å². The first kappa shape index (κ1) is 17.0. The van der Waals surface area contributed by atoms with Crippen LogP contribution in [-0.2, 0) is 14.3 Å². The van der Waals surface area contributed by atoms with Crippen LogP contribution in [0.1, 0.15) is 51.4 Å². The van der Waals surface area contributed by atoms with E-state index in [0.29, 0.717) is 17.9 Å². The molecule has 1 saturated heterocycles. The van der Waals surface area contributed by atoms with E-state index >= 15 is 0 Å². The summed E-state index contributed by atoms with van der Waals surface area (Å²) in [7, 11) is 0. The lowest BCUT2D eigenvalue weighted by molar-refractivity contribution is -0.125. The van der Waals surface area contributed by atoms with Crippen molar-refractivity contribution in [2.24, 2.45) is 11.7 Å². The molecule has 0 aromatic rings. The lowest BCUT2D eigenvalue weighted by Gasteiger charge is -2.30. The van der Waals surface area contributed by atoms with Crippen LogP contribution in [0.2, 0.25) is 0 Å². The molecule has 4 N–H and O–H groups in total. The molecule has 0 aromatic carbocycles. The van der Waals surface area contributed by atoms with Crippen molar-refractivity contribution in [2.45, 2.75) is 75.1 Å². The molecular formula is C16H27N3O3S. The zero-order chi connectivity index (χ0) is 16.2.